The third-order valence-corrected chi connectivity index (χ3v) is 5.92. The summed E-state index contributed by atoms with van der Waals surface area (Å²) in [5.74, 6) is -1.64. The highest BCUT2D eigenvalue weighted by molar-refractivity contribution is 7.89. The number of aromatic nitrogens is 1. The highest BCUT2D eigenvalue weighted by Crippen LogP contribution is 2.30. The van der Waals surface area contributed by atoms with Gasteiger partial charge in [0.1, 0.15) is 22.4 Å². The molecular weight excluding hydrogens is 426 g/mol. The van der Waals surface area contributed by atoms with Crippen LogP contribution in [0.1, 0.15) is 23.0 Å². The molecule has 1 aromatic heterocycles. The zero-order chi connectivity index (χ0) is 21.4. The third-order valence-electron chi connectivity index (χ3n) is 3.88. The number of anilines is 1. The fourth-order valence-corrected chi connectivity index (χ4v) is 4.27. The van der Waals surface area contributed by atoms with Crippen LogP contribution in [-0.2, 0) is 17.1 Å². The third kappa shape index (κ3) is 4.47. The predicted molar refractivity (Wildman–Crippen MR) is 95.4 cm³/mol. The Morgan fingerprint density at radius 1 is 1.29 bits per heavy atom. The molecule has 0 aliphatic heterocycles. The lowest BCUT2D eigenvalue weighted by atomic mass is 10.2. The number of carbonyl (C=O) groups excluding carboxylic acids is 1. The van der Waals surface area contributed by atoms with Gasteiger partial charge in [0.05, 0.1) is 10.7 Å². The molecule has 0 aliphatic rings. The summed E-state index contributed by atoms with van der Waals surface area (Å²) in [4.78, 5) is 11.8. The number of aryl methyl sites for hydroxylation is 2. The Labute approximate surface area is 163 Å². The molecule has 1 atom stereocenters. The molecular formula is C16H16ClF4N3O3S. The minimum Gasteiger partial charge on any atom is -0.344 e. The first-order valence-corrected chi connectivity index (χ1v) is 9.62. The Morgan fingerprint density at radius 2 is 1.89 bits per heavy atom. The van der Waals surface area contributed by atoms with Gasteiger partial charge in [-0.15, -0.1) is 0 Å². The smallest absolute Gasteiger partial charge is 0.344 e. The Hall–Kier alpha value is -2.11. The molecule has 2 rings (SSSR count). The molecule has 28 heavy (non-hydrogen) atoms. The summed E-state index contributed by atoms with van der Waals surface area (Å²) in [6, 6.07) is 1.73. The van der Waals surface area contributed by atoms with E-state index in [1.807, 2.05) is 0 Å². The maximum Gasteiger partial charge on any atom is 0.404 e. The SMILES string of the molecule is Cc1cccc(F)c1NC(=O)c1c(Cl)c(S(=O)(=O)NC(C)C(F)(F)F)cn1C. The number of nitrogens with one attached hydrogen (secondary N) is 2. The Bertz CT molecular complexity index is 999. The van der Waals surface area contributed by atoms with E-state index in [2.05, 4.69) is 5.32 Å². The van der Waals surface area contributed by atoms with Gasteiger partial charge in [-0.05, 0) is 25.5 Å². The van der Waals surface area contributed by atoms with E-state index in [1.165, 1.54) is 17.8 Å². The van der Waals surface area contributed by atoms with Gasteiger partial charge >= 0.3 is 6.18 Å². The first-order chi connectivity index (χ1) is 12.8. The summed E-state index contributed by atoms with van der Waals surface area (Å²) in [5.41, 5.74) is -0.0745. The highest BCUT2D eigenvalue weighted by atomic mass is 35.5. The molecule has 0 aliphatic carbocycles. The summed E-state index contributed by atoms with van der Waals surface area (Å²) in [5, 5.41) is 1.70. The number of alkyl halides is 3. The Kier molecular flexibility index (Phi) is 6.12. The maximum atomic E-state index is 13.9. The standard InChI is InChI=1S/C16H16ClF4N3O3S/c1-8-5-4-6-10(18)13(8)22-15(25)14-12(17)11(7-24(14)3)28(26,27)23-9(2)16(19,20)21/h4-7,9,23H,1-3H3,(H,22,25). The average molecular weight is 442 g/mol. The molecule has 0 saturated heterocycles. The van der Waals surface area contributed by atoms with Crippen molar-refractivity contribution >= 4 is 33.2 Å². The molecule has 154 valence electrons. The Morgan fingerprint density at radius 3 is 2.43 bits per heavy atom. The zero-order valence-corrected chi connectivity index (χ0v) is 16.4. The largest absolute Gasteiger partial charge is 0.404 e. The number of benzene rings is 1. The van der Waals surface area contributed by atoms with E-state index in [4.69, 9.17) is 11.6 Å². The first-order valence-electron chi connectivity index (χ1n) is 7.76. The van der Waals surface area contributed by atoms with E-state index in [1.54, 1.807) is 13.0 Å². The normalized spacial score (nSPS) is 13.4. The zero-order valence-electron chi connectivity index (χ0n) is 14.9. The van der Waals surface area contributed by atoms with Gasteiger partial charge in [0.15, 0.2) is 0 Å². The van der Waals surface area contributed by atoms with Gasteiger partial charge in [0, 0.05) is 13.2 Å². The molecule has 0 fully saturated rings. The maximum absolute atomic E-state index is 13.9. The summed E-state index contributed by atoms with van der Waals surface area (Å²) in [6.45, 7) is 2.17. The fourth-order valence-electron chi connectivity index (χ4n) is 2.34. The van der Waals surface area contributed by atoms with E-state index in [0.717, 1.165) is 16.8 Å². The number of para-hydroxylation sites is 1. The van der Waals surface area contributed by atoms with Crippen molar-refractivity contribution in [1.29, 1.82) is 0 Å². The lowest BCUT2D eigenvalue weighted by molar-refractivity contribution is -0.147. The van der Waals surface area contributed by atoms with Gasteiger partial charge in [-0.1, -0.05) is 23.7 Å². The molecule has 6 nitrogen and oxygen atoms in total. The van der Waals surface area contributed by atoms with E-state index in [-0.39, 0.29) is 11.4 Å². The van der Waals surface area contributed by atoms with Gasteiger partial charge < -0.3 is 9.88 Å². The number of halogens is 5. The molecule has 12 heteroatoms. The monoisotopic (exact) mass is 441 g/mol. The second-order valence-electron chi connectivity index (χ2n) is 6.04. The van der Waals surface area contributed by atoms with Crippen LogP contribution in [-0.4, -0.2) is 31.1 Å². The average Bonchev–Trinajstić information content (AvgIpc) is 2.85. The van der Waals surface area contributed by atoms with Gasteiger partial charge in [0.25, 0.3) is 5.91 Å². The van der Waals surface area contributed by atoms with E-state index >= 15 is 0 Å². The molecule has 1 amide bonds. The minimum atomic E-state index is -4.81. The quantitative estimate of drug-likeness (QED) is 0.696. The fraction of sp³-hybridized carbons (Fsp3) is 0.312. The second-order valence-corrected chi connectivity index (χ2v) is 8.10. The number of rotatable bonds is 5. The van der Waals surface area contributed by atoms with Crippen molar-refractivity contribution in [3.63, 3.8) is 0 Å². The summed E-state index contributed by atoms with van der Waals surface area (Å²) in [7, 11) is -3.40. The molecule has 0 spiro atoms. The van der Waals surface area contributed by atoms with Gasteiger partial charge in [0.2, 0.25) is 10.0 Å². The highest BCUT2D eigenvalue weighted by Gasteiger charge is 2.40. The van der Waals surface area contributed by atoms with Crippen molar-refractivity contribution in [3.8, 4) is 0 Å². The first kappa shape index (κ1) is 22.2. The molecule has 1 heterocycles. The van der Waals surface area contributed by atoms with Crippen LogP contribution in [0.2, 0.25) is 5.02 Å². The minimum absolute atomic E-state index is 0.127. The van der Waals surface area contributed by atoms with Gasteiger partial charge in [-0.25, -0.2) is 12.8 Å². The number of sulfonamides is 1. The van der Waals surface area contributed by atoms with Crippen molar-refractivity contribution in [2.24, 2.45) is 7.05 Å². The van der Waals surface area contributed by atoms with Crippen molar-refractivity contribution in [2.45, 2.75) is 31.0 Å². The predicted octanol–water partition coefficient (Wildman–Crippen LogP) is 3.61. The lowest BCUT2D eigenvalue weighted by Gasteiger charge is -2.16. The summed E-state index contributed by atoms with van der Waals surface area (Å²) >= 11 is 5.98. The molecule has 1 unspecified atom stereocenters. The summed E-state index contributed by atoms with van der Waals surface area (Å²) < 4.78 is 78.9. The van der Waals surface area contributed by atoms with Crippen LogP contribution in [0.25, 0.3) is 0 Å². The number of carbonyl (C=O) groups is 1. The molecule has 1 aromatic carbocycles. The topological polar surface area (TPSA) is 80.2 Å². The Balaban J connectivity index is 2.39. The molecule has 0 radical (unpaired) electrons. The molecule has 0 saturated carbocycles. The van der Waals surface area contributed by atoms with E-state index < -0.39 is 43.9 Å². The summed E-state index contributed by atoms with van der Waals surface area (Å²) in [6.07, 6.45) is -3.91. The lowest BCUT2D eigenvalue weighted by Crippen LogP contribution is -2.42. The van der Waals surface area contributed by atoms with Crippen LogP contribution in [0.15, 0.2) is 29.3 Å². The van der Waals surface area contributed by atoms with Gasteiger partial charge in [-0.2, -0.15) is 17.9 Å². The van der Waals surface area contributed by atoms with Crippen LogP contribution in [0.4, 0.5) is 23.2 Å². The number of nitrogens with zero attached hydrogens (tertiary/aromatic N) is 1. The van der Waals surface area contributed by atoms with Crippen molar-refractivity contribution in [1.82, 2.24) is 9.29 Å². The van der Waals surface area contributed by atoms with Crippen LogP contribution in [0.5, 0.6) is 0 Å². The van der Waals surface area contributed by atoms with Gasteiger partial charge in [-0.3, -0.25) is 4.79 Å². The van der Waals surface area contributed by atoms with Crippen LogP contribution < -0.4 is 10.0 Å². The second kappa shape index (κ2) is 7.72. The van der Waals surface area contributed by atoms with Crippen molar-refractivity contribution < 1.29 is 30.8 Å². The van der Waals surface area contributed by atoms with E-state index in [0.29, 0.717) is 12.5 Å². The molecule has 2 N–H and O–H groups in total. The number of hydrogen-bond acceptors (Lipinski definition) is 3. The van der Waals surface area contributed by atoms with E-state index in [9.17, 15) is 30.8 Å². The van der Waals surface area contributed by atoms with Crippen LogP contribution >= 0.6 is 11.6 Å². The van der Waals surface area contributed by atoms with Crippen molar-refractivity contribution in [3.05, 3.63) is 46.5 Å². The molecule has 2 aromatic rings. The number of amides is 1. The van der Waals surface area contributed by atoms with Crippen LogP contribution in [0.3, 0.4) is 0 Å². The van der Waals surface area contributed by atoms with Crippen LogP contribution in [0, 0.1) is 12.7 Å². The number of hydrogen-bond donors (Lipinski definition) is 2. The van der Waals surface area contributed by atoms with Crippen molar-refractivity contribution in [2.75, 3.05) is 5.32 Å². The molecule has 0 bridgehead atoms.